The largest absolute Gasteiger partial charge is 0.377 e. The fraction of sp³-hybridized carbons (Fsp3) is 0.500. The number of hydrogen-bond acceptors (Lipinski definition) is 2. The topological polar surface area (TPSA) is 6.48 Å². The van der Waals surface area contributed by atoms with E-state index < -0.39 is 0 Å². The molecule has 27 heavy (non-hydrogen) atoms. The van der Waals surface area contributed by atoms with Gasteiger partial charge in [0, 0.05) is 45.1 Å². The van der Waals surface area contributed by atoms with Crippen molar-refractivity contribution >= 4 is 24.6 Å². The Labute approximate surface area is 168 Å². The molecule has 0 atom stereocenters. The molecule has 0 heterocycles. The Hall–Kier alpha value is -1.53. The van der Waals surface area contributed by atoms with Crippen LogP contribution < -0.4 is 15.1 Å². The second-order valence-electron chi connectivity index (χ2n) is 9.65. The predicted octanol–water partition coefficient (Wildman–Crippen LogP) is 6.19. The van der Waals surface area contributed by atoms with E-state index in [1.807, 2.05) is 0 Å². The van der Waals surface area contributed by atoms with Gasteiger partial charge in [-0.25, -0.2) is 0 Å². The van der Waals surface area contributed by atoms with E-state index in [-0.39, 0.29) is 18.2 Å². The molecule has 0 unspecified atom stereocenters. The van der Waals surface area contributed by atoms with Gasteiger partial charge in [0.05, 0.1) is 0 Å². The maximum absolute atomic E-state index is 2.39. The zero-order chi connectivity index (χ0) is 20.6. The highest BCUT2D eigenvalue weighted by Gasteiger charge is 2.37. The summed E-state index contributed by atoms with van der Waals surface area (Å²) in [7, 11) is 8.16. The fourth-order valence-electron chi connectivity index (χ4n) is 4.16. The molecule has 0 fully saturated rings. The molecule has 2 nitrogen and oxygen atoms in total. The standard InChI is InChI=1S/C24H37N2P/c1-23(2,3)27(24(4,5)6)21-17-12-11-14-18(21)22-19(25(7)8)15-13-16-20(22)26(9)10/h11-17H,1-10H3. The van der Waals surface area contributed by atoms with Gasteiger partial charge in [0.15, 0.2) is 0 Å². The van der Waals surface area contributed by atoms with Crippen molar-refractivity contribution < 1.29 is 0 Å². The summed E-state index contributed by atoms with van der Waals surface area (Å²) in [6.45, 7) is 14.4. The van der Waals surface area contributed by atoms with Crippen molar-refractivity contribution in [3.63, 3.8) is 0 Å². The van der Waals surface area contributed by atoms with Gasteiger partial charge in [-0.05, 0) is 33.3 Å². The fourth-order valence-corrected chi connectivity index (χ4v) is 8.28. The van der Waals surface area contributed by atoms with Crippen molar-refractivity contribution in [3.05, 3.63) is 42.5 Å². The van der Waals surface area contributed by atoms with Crippen molar-refractivity contribution in [1.29, 1.82) is 0 Å². The van der Waals surface area contributed by atoms with Gasteiger partial charge in [-0.1, -0.05) is 79.8 Å². The van der Waals surface area contributed by atoms with E-state index in [2.05, 4.69) is 122 Å². The highest BCUT2D eigenvalue weighted by Crippen LogP contribution is 2.60. The zero-order valence-electron chi connectivity index (χ0n) is 18.9. The van der Waals surface area contributed by atoms with Gasteiger partial charge in [-0.2, -0.15) is 0 Å². The summed E-state index contributed by atoms with van der Waals surface area (Å²) >= 11 is 0. The molecule has 3 heteroatoms. The molecule has 0 spiro atoms. The van der Waals surface area contributed by atoms with Crippen LogP contribution in [0.4, 0.5) is 11.4 Å². The number of hydrogen-bond donors (Lipinski definition) is 0. The lowest BCUT2D eigenvalue weighted by Gasteiger charge is -2.43. The first-order chi connectivity index (χ1) is 12.4. The Bertz CT molecular complexity index is 739. The number of nitrogens with zero attached hydrogens (tertiary/aromatic N) is 2. The monoisotopic (exact) mass is 384 g/mol. The molecule has 148 valence electrons. The van der Waals surface area contributed by atoms with Gasteiger partial charge in [0.2, 0.25) is 0 Å². The summed E-state index contributed by atoms with van der Waals surface area (Å²) in [6, 6.07) is 15.7. The van der Waals surface area contributed by atoms with Crippen LogP contribution in [0.15, 0.2) is 42.5 Å². The van der Waals surface area contributed by atoms with Crippen LogP contribution in [0.25, 0.3) is 11.1 Å². The van der Waals surface area contributed by atoms with Crippen molar-refractivity contribution in [2.24, 2.45) is 0 Å². The van der Waals surface area contributed by atoms with Crippen molar-refractivity contribution in [1.82, 2.24) is 0 Å². The van der Waals surface area contributed by atoms with Crippen LogP contribution >= 0.6 is 7.92 Å². The molecule has 0 saturated carbocycles. The van der Waals surface area contributed by atoms with Gasteiger partial charge in [0.25, 0.3) is 0 Å². The summed E-state index contributed by atoms with van der Waals surface area (Å²) in [6.07, 6.45) is 0. The van der Waals surface area contributed by atoms with E-state index in [1.54, 1.807) is 0 Å². The maximum atomic E-state index is 2.39. The quantitative estimate of drug-likeness (QED) is 0.580. The lowest BCUT2D eigenvalue weighted by Crippen LogP contribution is -2.32. The predicted molar refractivity (Wildman–Crippen MR) is 127 cm³/mol. The van der Waals surface area contributed by atoms with E-state index in [1.165, 1.54) is 27.8 Å². The molecular weight excluding hydrogens is 347 g/mol. The lowest BCUT2D eigenvalue weighted by atomic mass is 10.00. The van der Waals surface area contributed by atoms with E-state index in [0.29, 0.717) is 0 Å². The van der Waals surface area contributed by atoms with Crippen LogP contribution in [0.2, 0.25) is 0 Å². The first-order valence-corrected chi connectivity index (χ1v) is 11.1. The van der Waals surface area contributed by atoms with E-state index >= 15 is 0 Å². The van der Waals surface area contributed by atoms with Crippen molar-refractivity contribution in [2.75, 3.05) is 38.0 Å². The van der Waals surface area contributed by atoms with E-state index in [9.17, 15) is 0 Å². The van der Waals surface area contributed by atoms with Crippen molar-refractivity contribution in [2.45, 2.75) is 51.9 Å². The zero-order valence-corrected chi connectivity index (χ0v) is 19.8. The van der Waals surface area contributed by atoms with Crippen LogP contribution in [0.5, 0.6) is 0 Å². The van der Waals surface area contributed by atoms with Crippen LogP contribution in [0.3, 0.4) is 0 Å². The smallest absolute Gasteiger partial charge is 0.0461 e. The first-order valence-electron chi connectivity index (χ1n) is 9.73. The van der Waals surface area contributed by atoms with Crippen LogP contribution in [0, 0.1) is 0 Å². The number of rotatable bonds is 4. The average Bonchev–Trinajstić information content (AvgIpc) is 2.51. The Morgan fingerprint density at radius 3 is 1.48 bits per heavy atom. The lowest BCUT2D eigenvalue weighted by molar-refractivity contribution is 0.715. The second-order valence-corrected chi connectivity index (χ2v) is 13.5. The highest BCUT2D eigenvalue weighted by atomic mass is 31.1. The third-order valence-corrected chi connectivity index (χ3v) is 8.30. The first kappa shape index (κ1) is 21.8. The Kier molecular flexibility index (Phi) is 6.32. The summed E-state index contributed by atoms with van der Waals surface area (Å²) in [5.41, 5.74) is 5.25. The van der Waals surface area contributed by atoms with Gasteiger partial charge in [-0.15, -0.1) is 0 Å². The minimum absolute atomic E-state index is 0.231. The normalized spacial score (nSPS) is 12.4. The van der Waals surface area contributed by atoms with Crippen LogP contribution in [0.1, 0.15) is 41.5 Å². The molecule has 2 aromatic rings. The summed E-state index contributed by atoms with van der Waals surface area (Å²) in [5.74, 6) is 0. The van der Waals surface area contributed by atoms with Crippen LogP contribution in [-0.2, 0) is 0 Å². The number of anilines is 2. The SMILES string of the molecule is CN(C)c1cccc(N(C)C)c1-c1ccccc1P(C(C)(C)C)C(C)(C)C. The molecule has 0 bridgehead atoms. The van der Waals surface area contributed by atoms with Gasteiger partial charge >= 0.3 is 0 Å². The third kappa shape index (κ3) is 4.66. The molecule has 0 aromatic heterocycles. The second kappa shape index (κ2) is 7.84. The minimum atomic E-state index is -0.383. The molecule has 2 rings (SSSR count). The Morgan fingerprint density at radius 1 is 0.630 bits per heavy atom. The molecule has 0 aliphatic rings. The van der Waals surface area contributed by atoms with Crippen molar-refractivity contribution in [3.8, 4) is 11.1 Å². The van der Waals surface area contributed by atoms with E-state index in [4.69, 9.17) is 0 Å². The summed E-state index contributed by atoms with van der Waals surface area (Å²) in [4.78, 5) is 4.46. The van der Waals surface area contributed by atoms with Gasteiger partial charge in [0.1, 0.15) is 0 Å². The summed E-state index contributed by atoms with van der Waals surface area (Å²) < 4.78 is 0. The highest BCUT2D eigenvalue weighted by molar-refractivity contribution is 7.68. The number of benzene rings is 2. The van der Waals surface area contributed by atoms with Gasteiger partial charge < -0.3 is 9.80 Å². The third-order valence-electron chi connectivity index (χ3n) is 4.74. The average molecular weight is 385 g/mol. The summed E-state index contributed by atoms with van der Waals surface area (Å²) in [5, 5.41) is 1.97. The molecule has 0 aliphatic heterocycles. The molecule has 0 radical (unpaired) electrons. The molecule has 2 aromatic carbocycles. The van der Waals surface area contributed by atoms with Crippen LogP contribution in [-0.4, -0.2) is 38.5 Å². The maximum Gasteiger partial charge on any atom is 0.0461 e. The van der Waals surface area contributed by atoms with E-state index in [0.717, 1.165) is 0 Å². The molecule has 0 amide bonds. The molecular formula is C24H37N2P. The van der Waals surface area contributed by atoms with Gasteiger partial charge in [-0.3, -0.25) is 0 Å². The molecule has 0 aliphatic carbocycles. The molecule has 0 N–H and O–H groups in total. The minimum Gasteiger partial charge on any atom is -0.377 e. The Balaban J connectivity index is 2.88. The Morgan fingerprint density at radius 2 is 1.07 bits per heavy atom. The molecule has 0 saturated heterocycles.